The first-order chi connectivity index (χ1) is 9.08. The summed E-state index contributed by atoms with van der Waals surface area (Å²) in [6.07, 6.45) is 0. The van der Waals surface area contributed by atoms with Gasteiger partial charge in [0.05, 0.1) is 14.2 Å². The lowest BCUT2D eigenvalue weighted by Crippen LogP contribution is -2.28. The fourth-order valence-electron chi connectivity index (χ4n) is 2.54. The Hall–Kier alpha value is -2.04. The standard InChI is InChI=1S/C14H17NO4/c1-8-11(9-4-6-10(18-2)7-5-9)12(13(16)15-8)14(17)19-3/h4-8,11-12H,1-3H3,(H,15,16). The van der Waals surface area contributed by atoms with Gasteiger partial charge in [0.25, 0.3) is 0 Å². The van der Waals surface area contributed by atoms with Gasteiger partial charge in [-0.3, -0.25) is 9.59 Å². The van der Waals surface area contributed by atoms with Crippen molar-refractivity contribution in [2.45, 2.75) is 18.9 Å². The van der Waals surface area contributed by atoms with Gasteiger partial charge in [0.1, 0.15) is 11.7 Å². The van der Waals surface area contributed by atoms with E-state index in [4.69, 9.17) is 9.47 Å². The molecule has 19 heavy (non-hydrogen) atoms. The summed E-state index contributed by atoms with van der Waals surface area (Å²) in [4.78, 5) is 23.6. The molecule has 2 rings (SSSR count). The minimum atomic E-state index is -0.784. The van der Waals surface area contributed by atoms with Crippen LogP contribution < -0.4 is 10.1 Å². The van der Waals surface area contributed by atoms with Gasteiger partial charge >= 0.3 is 5.97 Å². The molecule has 0 aromatic heterocycles. The Bertz CT molecular complexity index is 475. The first-order valence-corrected chi connectivity index (χ1v) is 6.10. The molecule has 1 aliphatic rings. The average Bonchev–Trinajstić information content (AvgIpc) is 2.72. The number of hydrogen-bond donors (Lipinski definition) is 1. The van der Waals surface area contributed by atoms with Crippen LogP contribution in [0.5, 0.6) is 5.75 Å². The molecule has 0 radical (unpaired) electrons. The summed E-state index contributed by atoms with van der Waals surface area (Å²) in [6, 6.07) is 7.27. The zero-order valence-corrected chi connectivity index (χ0v) is 11.2. The van der Waals surface area contributed by atoms with Crippen LogP contribution in [-0.4, -0.2) is 32.1 Å². The third kappa shape index (κ3) is 2.41. The second-order valence-corrected chi connectivity index (χ2v) is 4.60. The number of methoxy groups -OCH3 is 2. The third-order valence-electron chi connectivity index (χ3n) is 3.51. The highest BCUT2D eigenvalue weighted by molar-refractivity contribution is 6.01. The number of ether oxygens (including phenoxy) is 2. The first-order valence-electron chi connectivity index (χ1n) is 6.10. The van der Waals surface area contributed by atoms with Gasteiger partial charge in [-0.05, 0) is 24.6 Å². The maximum Gasteiger partial charge on any atom is 0.318 e. The quantitative estimate of drug-likeness (QED) is 0.655. The lowest BCUT2D eigenvalue weighted by Gasteiger charge is -2.19. The van der Waals surface area contributed by atoms with Crippen LogP contribution in [0.25, 0.3) is 0 Å². The summed E-state index contributed by atoms with van der Waals surface area (Å²) in [5, 5.41) is 2.79. The van der Waals surface area contributed by atoms with E-state index in [0.29, 0.717) is 0 Å². The average molecular weight is 263 g/mol. The molecule has 0 bridgehead atoms. The highest BCUT2D eigenvalue weighted by Crippen LogP contribution is 2.35. The van der Waals surface area contributed by atoms with Gasteiger partial charge in [-0.2, -0.15) is 0 Å². The molecule has 1 amide bonds. The lowest BCUT2D eigenvalue weighted by molar-refractivity contribution is -0.149. The molecule has 5 heteroatoms. The van der Waals surface area contributed by atoms with E-state index in [1.165, 1.54) is 7.11 Å². The second-order valence-electron chi connectivity index (χ2n) is 4.60. The van der Waals surface area contributed by atoms with Gasteiger partial charge in [0, 0.05) is 12.0 Å². The van der Waals surface area contributed by atoms with Crippen molar-refractivity contribution < 1.29 is 19.1 Å². The molecule has 1 N–H and O–H groups in total. The van der Waals surface area contributed by atoms with Gasteiger partial charge in [0.2, 0.25) is 5.91 Å². The third-order valence-corrected chi connectivity index (χ3v) is 3.51. The van der Waals surface area contributed by atoms with Gasteiger partial charge in [-0.1, -0.05) is 12.1 Å². The predicted octanol–water partition coefficient (Wildman–Crippen LogP) is 1.09. The Morgan fingerprint density at radius 3 is 2.37 bits per heavy atom. The van der Waals surface area contributed by atoms with Crippen molar-refractivity contribution in [3.8, 4) is 5.75 Å². The normalized spacial score (nSPS) is 25.8. The monoisotopic (exact) mass is 263 g/mol. The molecule has 3 atom stereocenters. The summed E-state index contributed by atoms with van der Waals surface area (Å²) in [5.74, 6) is -1.04. The number of esters is 1. The SMILES string of the molecule is COC(=O)C1C(=O)NC(C)C1c1ccc(OC)cc1. The van der Waals surface area contributed by atoms with Crippen LogP contribution in [0.3, 0.4) is 0 Å². The Labute approximate surface area is 111 Å². The highest BCUT2D eigenvalue weighted by Gasteiger charge is 2.46. The summed E-state index contributed by atoms with van der Waals surface area (Å²) in [5.41, 5.74) is 0.919. The Kier molecular flexibility index (Phi) is 3.74. The van der Waals surface area contributed by atoms with Crippen LogP contribution in [0.2, 0.25) is 0 Å². The van der Waals surface area contributed by atoms with Crippen LogP contribution >= 0.6 is 0 Å². The fraction of sp³-hybridized carbons (Fsp3) is 0.429. The lowest BCUT2D eigenvalue weighted by atomic mass is 9.84. The molecular weight excluding hydrogens is 246 g/mol. The van der Waals surface area contributed by atoms with Crippen molar-refractivity contribution in [2.75, 3.05) is 14.2 Å². The predicted molar refractivity (Wildman–Crippen MR) is 68.8 cm³/mol. The number of amides is 1. The molecule has 5 nitrogen and oxygen atoms in total. The molecule has 0 spiro atoms. The molecule has 3 unspecified atom stereocenters. The molecule has 0 saturated carbocycles. The van der Waals surface area contributed by atoms with Crippen LogP contribution in [-0.2, 0) is 14.3 Å². The molecule has 1 aliphatic heterocycles. The van der Waals surface area contributed by atoms with Gasteiger partial charge < -0.3 is 14.8 Å². The maximum atomic E-state index is 11.9. The van der Waals surface area contributed by atoms with Crippen LogP contribution in [0, 0.1) is 5.92 Å². The van der Waals surface area contributed by atoms with Gasteiger partial charge in [-0.25, -0.2) is 0 Å². The van der Waals surface area contributed by atoms with E-state index in [1.807, 2.05) is 31.2 Å². The number of nitrogens with one attached hydrogen (secondary N) is 1. The van der Waals surface area contributed by atoms with E-state index < -0.39 is 11.9 Å². The summed E-state index contributed by atoms with van der Waals surface area (Å²) in [6.45, 7) is 1.88. The number of rotatable bonds is 3. The Balaban J connectivity index is 2.33. The molecule has 0 aliphatic carbocycles. The van der Waals surface area contributed by atoms with E-state index in [0.717, 1.165) is 11.3 Å². The summed E-state index contributed by atoms with van der Waals surface area (Å²) in [7, 11) is 2.89. The zero-order chi connectivity index (χ0) is 14.0. The number of hydrogen-bond acceptors (Lipinski definition) is 4. The molecule has 102 valence electrons. The summed E-state index contributed by atoms with van der Waals surface area (Å²) >= 11 is 0. The van der Waals surface area contributed by atoms with Gasteiger partial charge in [-0.15, -0.1) is 0 Å². The first kappa shape index (κ1) is 13.4. The van der Waals surface area contributed by atoms with Crippen LogP contribution in [0.15, 0.2) is 24.3 Å². The van der Waals surface area contributed by atoms with E-state index in [2.05, 4.69) is 5.32 Å². The number of benzene rings is 1. The largest absolute Gasteiger partial charge is 0.497 e. The van der Waals surface area contributed by atoms with E-state index in [9.17, 15) is 9.59 Å². The number of carbonyl (C=O) groups is 2. The smallest absolute Gasteiger partial charge is 0.318 e. The van der Waals surface area contributed by atoms with Crippen molar-refractivity contribution in [1.82, 2.24) is 5.32 Å². The van der Waals surface area contributed by atoms with Crippen molar-refractivity contribution >= 4 is 11.9 Å². The van der Waals surface area contributed by atoms with Gasteiger partial charge in [0.15, 0.2) is 0 Å². The van der Waals surface area contributed by atoms with E-state index in [-0.39, 0.29) is 17.9 Å². The van der Waals surface area contributed by atoms with Crippen molar-refractivity contribution in [1.29, 1.82) is 0 Å². The minimum absolute atomic E-state index is 0.106. The Morgan fingerprint density at radius 2 is 1.84 bits per heavy atom. The molecule has 1 fully saturated rings. The number of carbonyl (C=O) groups excluding carboxylic acids is 2. The molecule has 1 aromatic rings. The fourth-order valence-corrected chi connectivity index (χ4v) is 2.54. The maximum absolute atomic E-state index is 11.9. The second kappa shape index (κ2) is 5.30. The van der Waals surface area contributed by atoms with Crippen LogP contribution in [0.4, 0.5) is 0 Å². The van der Waals surface area contributed by atoms with E-state index in [1.54, 1.807) is 7.11 Å². The summed E-state index contributed by atoms with van der Waals surface area (Å²) < 4.78 is 9.83. The van der Waals surface area contributed by atoms with Crippen molar-refractivity contribution in [3.05, 3.63) is 29.8 Å². The zero-order valence-electron chi connectivity index (χ0n) is 11.2. The van der Waals surface area contributed by atoms with Crippen molar-refractivity contribution in [2.24, 2.45) is 5.92 Å². The van der Waals surface area contributed by atoms with Crippen LogP contribution in [0.1, 0.15) is 18.4 Å². The molecule has 1 saturated heterocycles. The topological polar surface area (TPSA) is 64.6 Å². The molecule has 1 aromatic carbocycles. The minimum Gasteiger partial charge on any atom is -0.497 e. The molecular formula is C14H17NO4. The highest BCUT2D eigenvalue weighted by atomic mass is 16.5. The Morgan fingerprint density at radius 1 is 1.21 bits per heavy atom. The van der Waals surface area contributed by atoms with Crippen molar-refractivity contribution in [3.63, 3.8) is 0 Å². The molecule has 1 heterocycles. The van der Waals surface area contributed by atoms with E-state index >= 15 is 0 Å².